The van der Waals surface area contributed by atoms with Gasteiger partial charge in [-0.25, -0.2) is 9.13 Å². The summed E-state index contributed by atoms with van der Waals surface area (Å²) in [4.78, 5) is 73.0. The molecule has 2 unspecified atom stereocenters. The van der Waals surface area contributed by atoms with Crippen molar-refractivity contribution in [2.75, 3.05) is 39.6 Å². The van der Waals surface area contributed by atoms with Gasteiger partial charge in [0.05, 0.1) is 26.4 Å². The summed E-state index contributed by atoms with van der Waals surface area (Å²) >= 11 is 0. The van der Waals surface area contributed by atoms with Crippen LogP contribution in [0.3, 0.4) is 0 Å². The number of carbonyl (C=O) groups excluding carboxylic acids is 4. The van der Waals surface area contributed by atoms with E-state index in [4.69, 9.17) is 37.0 Å². The van der Waals surface area contributed by atoms with Crippen molar-refractivity contribution in [1.29, 1.82) is 0 Å². The molecule has 5 atom stereocenters. The van der Waals surface area contributed by atoms with Crippen LogP contribution in [0.25, 0.3) is 0 Å². The van der Waals surface area contributed by atoms with E-state index in [-0.39, 0.29) is 25.7 Å². The van der Waals surface area contributed by atoms with E-state index in [1.165, 1.54) is 225 Å². The van der Waals surface area contributed by atoms with Crippen molar-refractivity contribution >= 4 is 39.5 Å². The Morgan fingerprint density at radius 1 is 0.273 bits per heavy atom. The van der Waals surface area contributed by atoms with Crippen LogP contribution < -0.4 is 0 Å². The lowest BCUT2D eigenvalue weighted by Crippen LogP contribution is -2.30. The van der Waals surface area contributed by atoms with Crippen LogP contribution in [0.2, 0.25) is 0 Å². The van der Waals surface area contributed by atoms with Crippen LogP contribution in [0.4, 0.5) is 0 Å². The summed E-state index contributed by atoms with van der Waals surface area (Å²) in [7, 11) is -9.92. The third-order valence-corrected chi connectivity index (χ3v) is 20.5. The van der Waals surface area contributed by atoms with E-state index in [0.29, 0.717) is 25.7 Å². The summed E-state index contributed by atoms with van der Waals surface area (Å²) in [6.45, 7) is 11.9. The predicted molar refractivity (Wildman–Crippen MR) is 405 cm³/mol. The van der Waals surface area contributed by atoms with Gasteiger partial charge >= 0.3 is 39.5 Å². The van der Waals surface area contributed by atoms with E-state index in [0.717, 1.165) is 108 Å². The number of hydrogen-bond donors (Lipinski definition) is 3. The van der Waals surface area contributed by atoms with Crippen LogP contribution in [0.1, 0.15) is 414 Å². The van der Waals surface area contributed by atoms with Gasteiger partial charge in [-0.15, -0.1) is 0 Å². The molecule has 0 aromatic heterocycles. The first-order valence-electron chi connectivity index (χ1n) is 41.3. The third kappa shape index (κ3) is 74.1. The number of aliphatic hydroxyl groups is 1. The minimum absolute atomic E-state index is 0.107. The van der Waals surface area contributed by atoms with Crippen molar-refractivity contribution in [3.8, 4) is 0 Å². The molecule has 0 aromatic rings. The molecule has 0 fully saturated rings. The second-order valence-electron chi connectivity index (χ2n) is 30.2. The molecule has 19 heteroatoms. The highest BCUT2D eigenvalue weighted by Gasteiger charge is 2.30. The van der Waals surface area contributed by atoms with Crippen LogP contribution in [-0.2, 0) is 65.4 Å². The van der Waals surface area contributed by atoms with Crippen LogP contribution >= 0.6 is 15.6 Å². The lowest BCUT2D eigenvalue weighted by Gasteiger charge is -2.21. The monoisotopic (exact) mass is 1450 g/mol. The zero-order valence-corrected chi connectivity index (χ0v) is 66.8. The minimum atomic E-state index is -4.96. The van der Waals surface area contributed by atoms with E-state index < -0.39 is 97.5 Å². The highest BCUT2D eigenvalue weighted by Crippen LogP contribution is 2.45. The Morgan fingerprint density at radius 2 is 0.465 bits per heavy atom. The van der Waals surface area contributed by atoms with E-state index in [9.17, 15) is 43.2 Å². The molecule has 0 aliphatic rings. The standard InChI is InChI=1S/C80H156O17P2/c1-8-9-10-11-12-13-14-21-27-33-42-49-56-63-79(84)97-76(68-91-78(83)62-55-48-41-36-35-39-46-53-60-73(6)7)70-95-99(88,89)93-66-74(81)65-92-98(86,87)94-69-75(67-90-77(82)61-54-47-40-32-29-24-26-31-38-45-52-59-72(4)5)96-80(85)64-57-50-43-34-28-23-20-18-16-15-17-19-22-25-30-37-44-51-58-71(2)3/h71-76,81H,8-70H2,1-7H3,(H,86,87)(H,88,89)/t74-,75-,76-/m1/s1. The second kappa shape index (κ2) is 70.4. The van der Waals surface area contributed by atoms with Gasteiger partial charge in [0, 0.05) is 25.7 Å². The molecule has 588 valence electrons. The molecule has 0 bridgehead atoms. The highest BCUT2D eigenvalue weighted by atomic mass is 31.2. The maximum atomic E-state index is 13.1. The molecule has 0 saturated heterocycles. The van der Waals surface area contributed by atoms with E-state index in [1.807, 2.05) is 0 Å². The Morgan fingerprint density at radius 3 is 0.687 bits per heavy atom. The van der Waals surface area contributed by atoms with Gasteiger partial charge in [-0.1, -0.05) is 363 Å². The lowest BCUT2D eigenvalue weighted by molar-refractivity contribution is -0.161. The quantitative estimate of drug-likeness (QED) is 0.0222. The number of phosphoric ester groups is 2. The molecule has 0 heterocycles. The topological polar surface area (TPSA) is 237 Å². The van der Waals surface area contributed by atoms with Crippen molar-refractivity contribution in [1.82, 2.24) is 0 Å². The Kier molecular flexibility index (Phi) is 69.0. The Hall–Kier alpha value is -1.94. The molecule has 0 saturated carbocycles. The summed E-state index contributed by atoms with van der Waals surface area (Å²) in [5.74, 6) is 0.206. The Bertz CT molecular complexity index is 1920. The average molecular weight is 1450 g/mol. The van der Waals surface area contributed by atoms with Crippen molar-refractivity contribution in [3.63, 3.8) is 0 Å². The Balaban J connectivity index is 5.22. The maximum Gasteiger partial charge on any atom is 0.472 e. The number of unbranched alkanes of at least 4 members (excludes halogenated alkanes) is 46. The van der Waals surface area contributed by atoms with E-state index in [2.05, 4.69) is 48.5 Å². The number of aliphatic hydroxyl groups excluding tert-OH is 1. The molecule has 0 rings (SSSR count). The minimum Gasteiger partial charge on any atom is -0.462 e. The first-order valence-corrected chi connectivity index (χ1v) is 44.3. The third-order valence-electron chi connectivity index (χ3n) is 18.6. The SMILES string of the molecule is CCCCCCCCCCCCCCCC(=O)O[C@H](COC(=O)CCCCCCCCCCC(C)C)COP(=O)(O)OC[C@H](O)COP(=O)(O)OC[C@@H](COC(=O)CCCCCCCCCCCCCC(C)C)OC(=O)CCCCCCCCCCCCCCCCCCCCC(C)C. The van der Waals surface area contributed by atoms with Gasteiger partial charge in [0.25, 0.3) is 0 Å². The van der Waals surface area contributed by atoms with Crippen LogP contribution in [0.15, 0.2) is 0 Å². The molecule has 0 spiro atoms. The first-order chi connectivity index (χ1) is 47.7. The van der Waals surface area contributed by atoms with Gasteiger partial charge in [-0.3, -0.25) is 37.3 Å². The van der Waals surface area contributed by atoms with Gasteiger partial charge in [0.1, 0.15) is 19.3 Å². The Labute approximate surface area is 607 Å². The van der Waals surface area contributed by atoms with Gasteiger partial charge in [-0.2, -0.15) is 0 Å². The lowest BCUT2D eigenvalue weighted by atomic mass is 10.0. The zero-order chi connectivity index (χ0) is 73.0. The largest absolute Gasteiger partial charge is 0.472 e. The van der Waals surface area contributed by atoms with Crippen molar-refractivity contribution in [2.45, 2.75) is 433 Å². The molecule has 17 nitrogen and oxygen atoms in total. The molecule has 0 radical (unpaired) electrons. The van der Waals surface area contributed by atoms with Gasteiger partial charge in [-0.05, 0) is 43.4 Å². The molecule has 3 N–H and O–H groups in total. The zero-order valence-electron chi connectivity index (χ0n) is 65.0. The molecule has 0 aliphatic carbocycles. The summed E-state index contributed by atoms with van der Waals surface area (Å²) in [6.07, 6.45) is 58.3. The molecule has 99 heavy (non-hydrogen) atoms. The van der Waals surface area contributed by atoms with Gasteiger partial charge in [0.2, 0.25) is 0 Å². The number of ether oxygens (including phenoxy) is 4. The summed E-state index contributed by atoms with van der Waals surface area (Å²) < 4.78 is 68.7. The fourth-order valence-corrected chi connectivity index (χ4v) is 13.9. The first kappa shape index (κ1) is 97.1. The summed E-state index contributed by atoms with van der Waals surface area (Å²) in [5.41, 5.74) is 0. The van der Waals surface area contributed by atoms with E-state index >= 15 is 0 Å². The normalized spacial score (nSPS) is 14.0. The number of rotatable bonds is 78. The molecular weight excluding hydrogens is 1290 g/mol. The van der Waals surface area contributed by atoms with Crippen molar-refractivity contribution in [2.24, 2.45) is 17.8 Å². The van der Waals surface area contributed by atoms with Gasteiger partial charge < -0.3 is 33.8 Å². The van der Waals surface area contributed by atoms with Crippen LogP contribution in [0, 0.1) is 17.8 Å². The number of phosphoric acid groups is 2. The highest BCUT2D eigenvalue weighted by molar-refractivity contribution is 7.47. The van der Waals surface area contributed by atoms with Gasteiger partial charge in [0.15, 0.2) is 12.2 Å². The predicted octanol–water partition coefficient (Wildman–Crippen LogP) is 23.7. The fourth-order valence-electron chi connectivity index (χ4n) is 12.3. The second-order valence-corrected chi connectivity index (χ2v) is 33.1. The molecular formula is C80H156O17P2. The summed E-state index contributed by atoms with van der Waals surface area (Å²) in [6, 6.07) is 0. The molecule has 0 amide bonds. The van der Waals surface area contributed by atoms with Crippen LogP contribution in [-0.4, -0.2) is 96.7 Å². The molecule has 0 aliphatic heterocycles. The maximum absolute atomic E-state index is 13.1. The van der Waals surface area contributed by atoms with Crippen molar-refractivity contribution < 1.29 is 80.2 Å². The average Bonchev–Trinajstić information content (AvgIpc) is 0.998. The fraction of sp³-hybridized carbons (Fsp3) is 0.950. The van der Waals surface area contributed by atoms with E-state index in [1.54, 1.807) is 0 Å². The smallest absolute Gasteiger partial charge is 0.462 e. The van der Waals surface area contributed by atoms with Crippen LogP contribution in [0.5, 0.6) is 0 Å². The number of carbonyl (C=O) groups is 4. The summed E-state index contributed by atoms with van der Waals surface area (Å²) in [5, 5.41) is 10.6. The molecule has 0 aromatic carbocycles. The van der Waals surface area contributed by atoms with Crippen molar-refractivity contribution in [3.05, 3.63) is 0 Å². The number of hydrogen-bond acceptors (Lipinski definition) is 15. The number of esters is 4.